The lowest BCUT2D eigenvalue weighted by Crippen LogP contribution is -2.47. The van der Waals surface area contributed by atoms with Gasteiger partial charge in [-0.3, -0.25) is 14.5 Å². The minimum Gasteiger partial charge on any atom is -0.496 e. The summed E-state index contributed by atoms with van der Waals surface area (Å²) in [5.41, 5.74) is -0.0376. The lowest BCUT2D eigenvalue weighted by Gasteiger charge is -2.21. The summed E-state index contributed by atoms with van der Waals surface area (Å²) in [6, 6.07) is 6.58. The van der Waals surface area contributed by atoms with Crippen LogP contribution in [0.5, 0.6) is 5.75 Å². The Morgan fingerprint density at radius 1 is 1.40 bits per heavy atom. The number of imide groups is 1. The van der Waals surface area contributed by atoms with E-state index >= 15 is 0 Å². The average molecular weight is 345 g/mol. The minimum atomic E-state index is -0.869. The second-order valence-corrected chi connectivity index (χ2v) is 6.83. The zero-order valence-corrected chi connectivity index (χ0v) is 14.7. The molecule has 0 bridgehead atoms. The van der Waals surface area contributed by atoms with Gasteiger partial charge in [-0.2, -0.15) is 0 Å². The van der Waals surface area contributed by atoms with Crippen molar-refractivity contribution in [1.82, 2.24) is 15.5 Å². The molecule has 2 atom stereocenters. The summed E-state index contributed by atoms with van der Waals surface area (Å²) in [5, 5.41) is 5.56. The average Bonchev–Trinajstić information content (AvgIpc) is 3.41. The molecule has 2 fully saturated rings. The molecule has 3 rings (SSSR count). The number of hydrogen-bond acceptors (Lipinski definition) is 4. The van der Waals surface area contributed by atoms with Crippen molar-refractivity contribution in [1.29, 1.82) is 0 Å². The highest BCUT2D eigenvalue weighted by molar-refractivity contribution is 6.09. The molecule has 25 heavy (non-hydrogen) atoms. The number of urea groups is 1. The number of para-hydroxylation sites is 1. The second-order valence-electron chi connectivity index (χ2n) is 6.83. The third-order valence-electron chi connectivity index (χ3n) is 4.98. The number of methoxy groups -OCH3 is 1. The van der Waals surface area contributed by atoms with Crippen LogP contribution < -0.4 is 15.4 Å². The highest BCUT2D eigenvalue weighted by Gasteiger charge is 2.56. The summed E-state index contributed by atoms with van der Waals surface area (Å²) in [6.07, 6.45) is 1.85. The number of amides is 4. The summed E-state index contributed by atoms with van der Waals surface area (Å²) in [6.45, 7) is 3.28. The number of hydrogen-bond donors (Lipinski definition) is 2. The van der Waals surface area contributed by atoms with Crippen LogP contribution >= 0.6 is 0 Å². The number of carbonyl (C=O) groups excluding carboxylic acids is 3. The number of rotatable bonds is 6. The molecule has 0 aromatic heterocycles. The van der Waals surface area contributed by atoms with Crippen LogP contribution in [0.15, 0.2) is 24.3 Å². The molecule has 134 valence electrons. The van der Waals surface area contributed by atoms with Gasteiger partial charge in [0.05, 0.1) is 13.2 Å². The predicted molar refractivity (Wildman–Crippen MR) is 90.9 cm³/mol. The number of carbonyl (C=O) groups is 3. The zero-order valence-electron chi connectivity index (χ0n) is 14.7. The van der Waals surface area contributed by atoms with E-state index in [-0.39, 0.29) is 30.3 Å². The Bertz CT molecular complexity index is 716. The van der Waals surface area contributed by atoms with Gasteiger partial charge in [-0.1, -0.05) is 18.2 Å². The molecular formula is C18H23N3O4. The molecule has 1 heterocycles. The Balaban J connectivity index is 1.64. The molecule has 1 aromatic carbocycles. The Kier molecular flexibility index (Phi) is 4.41. The highest BCUT2D eigenvalue weighted by atomic mass is 16.5. The van der Waals surface area contributed by atoms with E-state index in [1.165, 1.54) is 0 Å². The summed E-state index contributed by atoms with van der Waals surface area (Å²) < 4.78 is 5.30. The SMILES string of the molecule is COc1ccccc1[C@@H](C)NC(=O)CN1C(=O)N[C@@](C)(C2CC2)C1=O. The van der Waals surface area contributed by atoms with Crippen LogP contribution in [0, 0.1) is 5.92 Å². The van der Waals surface area contributed by atoms with Crippen molar-refractivity contribution < 1.29 is 19.1 Å². The van der Waals surface area contributed by atoms with Gasteiger partial charge in [-0.05, 0) is 38.7 Å². The van der Waals surface area contributed by atoms with E-state index < -0.39 is 11.6 Å². The molecule has 1 aliphatic carbocycles. The molecule has 1 saturated heterocycles. The predicted octanol–water partition coefficient (Wildman–Crippen LogP) is 1.59. The molecular weight excluding hydrogens is 322 g/mol. The van der Waals surface area contributed by atoms with Gasteiger partial charge in [-0.15, -0.1) is 0 Å². The van der Waals surface area contributed by atoms with Gasteiger partial charge in [0.25, 0.3) is 5.91 Å². The molecule has 0 unspecified atom stereocenters. The summed E-state index contributed by atoms with van der Waals surface area (Å²) in [7, 11) is 1.57. The van der Waals surface area contributed by atoms with E-state index in [0.29, 0.717) is 5.75 Å². The standard InChI is InChI=1S/C18H23N3O4/c1-11(13-6-4-5-7-14(13)25-3)19-15(22)10-21-16(23)18(2,12-8-9-12)20-17(21)24/h4-7,11-12H,8-10H2,1-3H3,(H,19,22)(H,20,24)/t11-,18+/m1/s1. The van der Waals surface area contributed by atoms with Crippen molar-refractivity contribution in [2.24, 2.45) is 5.92 Å². The van der Waals surface area contributed by atoms with Crippen LogP contribution in [0.4, 0.5) is 4.79 Å². The maximum absolute atomic E-state index is 12.6. The largest absolute Gasteiger partial charge is 0.496 e. The molecule has 1 saturated carbocycles. The van der Waals surface area contributed by atoms with Gasteiger partial charge in [0.2, 0.25) is 5.91 Å². The molecule has 1 aliphatic heterocycles. The van der Waals surface area contributed by atoms with Crippen molar-refractivity contribution in [3.63, 3.8) is 0 Å². The van der Waals surface area contributed by atoms with Crippen LogP contribution in [0.25, 0.3) is 0 Å². The van der Waals surface area contributed by atoms with E-state index in [2.05, 4.69) is 10.6 Å². The van der Waals surface area contributed by atoms with Gasteiger partial charge in [0.15, 0.2) is 0 Å². The first kappa shape index (κ1) is 17.3. The van der Waals surface area contributed by atoms with Crippen molar-refractivity contribution in [3.05, 3.63) is 29.8 Å². The number of nitrogens with zero attached hydrogens (tertiary/aromatic N) is 1. The Hall–Kier alpha value is -2.57. The van der Waals surface area contributed by atoms with Gasteiger partial charge in [0, 0.05) is 5.56 Å². The Labute approximate surface area is 146 Å². The molecule has 0 radical (unpaired) electrons. The first-order valence-corrected chi connectivity index (χ1v) is 8.43. The molecule has 0 spiro atoms. The lowest BCUT2D eigenvalue weighted by atomic mass is 9.96. The van der Waals surface area contributed by atoms with Crippen molar-refractivity contribution >= 4 is 17.8 Å². The van der Waals surface area contributed by atoms with E-state index in [9.17, 15) is 14.4 Å². The van der Waals surface area contributed by atoms with Crippen LogP contribution in [0.3, 0.4) is 0 Å². The van der Waals surface area contributed by atoms with Gasteiger partial charge in [-0.25, -0.2) is 4.79 Å². The fourth-order valence-electron chi connectivity index (χ4n) is 3.33. The van der Waals surface area contributed by atoms with E-state index in [0.717, 1.165) is 23.3 Å². The summed E-state index contributed by atoms with van der Waals surface area (Å²) >= 11 is 0. The quantitative estimate of drug-likeness (QED) is 0.767. The minimum absolute atomic E-state index is 0.171. The Morgan fingerprint density at radius 3 is 2.72 bits per heavy atom. The lowest BCUT2D eigenvalue weighted by molar-refractivity contribution is -0.135. The van der Waals surface area contributed by atoms with E-state index in [4.69, 9.17) is 4.74 Å². The number of benzene rings is 1. The third-order valence-corrected chi connectivity index (χ3v) is 4.98. The zero-order chi connectivity index (χ0) is 18.2. The van der Waals surface area contributed by atoms with Crippen LogP contribution in [-0.4, -0.2) is 41.9 Å². The molecule has 2 aliphatic rings. The number of ether oxygens (including phenoxy) is 1. The topological polar surface area (TPSA) is 87.7 Å². The smallest absolute Gasteiger partial charge is 0.325 e. The van der Waals surface area contributed by atoms with Crippen molar-refractivity contribution in [2.75, 3.05) is 13.7 Å². The van der Waals surface area contributed by atoms with Crippen molar-refractivity contribution in [3.8, 4) is 5.75 Å². The molecule has 4 amide bonds. The van der Waals surface area contributed by atoms with Crippen LogP contribution in [0.1, 0.15) is 38.3 Å². The first-order valence-electron chi connectivity index (χ1n) is 8.43. The van der Waals surface area contributed by atoms with Gasteiger partial charge >= 0.3 is 6.03 Å². The van der Waals surface area contributed by atoms with Crippen molar-refractivity contribution in [2.45, 2.75) is 38.3 Å². The highest BCUT2D eigenvalue weighted by Crippen LogP contribution is 2.42. The van der Waals surface area contributed by atoms with Crippen LogP contribution in [-0.2, 0) is 9.59 Å². The first-order chi connectivity index (χ1) is 11.9. The molecule has 7 nitrogen and oxygen atoms in total. The van der Waals surface area contributed by atoms with E-state index in [1.54, 1.807) is 14.0 Å². The Morgan fingerprint density at radius 2 is 2.08 bits per heavy atom. The maximum atomic E-state index is 12.6. The third kappa shape index (κ3) is 3.18. The summed E-state index contributed by atoms with van der Waals surface area (Å²) in [5.74, 6) is 0.137. The maximum Gasteiger partial charge on any atom is 0.325 e. The molecule has 1 aromatic rings. The fourth-order valence-corrected chi connectivity index (χ4v) is 3.33. The van der Waals surface area contributed by atoms with Gasteiger partial charge < -0.3 is 15.4 Å². The normalized spacial score (nSPS) is 24.0. The molecule has 7 heteroatoms. The van der Waals surface area contributed by atoms with E-state index in [1.807, 2.05) is 31.2 Å². The second kappa shape index (κ2) is 6.38. The van der Waals surface area contributed by atoms with Gasteiger partial charge in [0.1, 0.15) is 17.8 Å². The number of nitrogens with one attached hydrogen (secondary N) is 2. The fraction of sp³-hybridized carbons (Fsp3) is 0.500. The van der Waals surface area contributed by atoms with Crippen LogP contribution in [0.2, 0.25) is 0 Å². The molecule has 2 N–H and O–H groups in total. The monoisotopic (exact) mass is 345 g/mol. The summed E-state index contributed by atoms with van der Waals surface area (Å²) in [4.78, 5) is 38.0.